The third-order valence-corrected chi connectivity index (χ3v) is 2.85. The molecule has 1 aliphatic rings. The molecule has 0 aromatic rings. The molecular formula is C11H23N3O2. The van der Waals surface area contributed by atoms with Gasteiger partial charge in [-0.15, -0.1) is 0 Å². The van der Waals surface area contributed by atoms with Crippen LogP contribution in [0.3, 0.4) is 0 Å². The first kappa shape index (κ1) is 13.4. The van der Waals surface area contributed by atoms with Gasteiger partial charge in [-0.1, -0.05) is 0 Å². The average molecular weight is 229 g/mol. The highest BCUT2D eigenvalue weighted by molar-refractivity contribution is 5.81. The Morgan fingerprint density at radius 3 is 3.00 bits per heavy atom. The van der Waals surface area contributed by atoms with Crippen molar-refractivity contribution in [3.8, 4) is 0 Å². The fourth-order valence-corrected chi connectivity index (χ4v) is 1.76. The lowest BCUT2D eigenvalue weighted by Crippen LogP contribution is -2.43. The summed E-state index contributed by atoms with van der Waals surface area (Å²) in [7, 11) is 3.72. The lowest BCUT2D eigenvalue weighted by Gasteiger charge is -2.17. The van der Waals surface area contributed by atoms with Gasteiger partial charge in [-0.05, 0) is 26.4 Å². The second-order valence-electron chi connectivity index (χ2n) is 4.24. The maximum absolute atomic E-state index is 11.6. The van der Waals surface area contributed by atoms with E-state index in [0.717, 1.165) is 39.1 Å². The minimum Gasteiger partial charge on any atom is -0.383 e. The molecule has 5 heteroatoms. The van der Waals surface area contributed by atoms with Crippen molar-refractivity contribution in [2.75, 3.05) is 46.9 Å². The molecule has 1 heterocycles. The van der Waals surface area contributed by atoms with Gasteiger partial charge in [0.05, 0.1) is 12.6 Å². The molecule has 2 N–H and O–H groups in total. The van der Waals surface area contributed by atoms with Crippen LogP contribution in [0.15, 0.2) is 0 Å². The molecule has 0 unspecified atom stereocenters. The number of likely N-dealkylation sites (N-methyl/N-ethyl adjacent to an activating group) is 1. The summed E-state index contributed by atoms with van der Waals surface area (Å²) < 4.78 is 4.98. The first-order valence-corrected chi connectivity index (χ1v) is 5.92. The van der Waals surface area contributed by atoms with E-state index in [1.54, 1.807) is 7.11 Å². The normalized spacial score (nSPS) is 20.3. The molecule has 0 aromatic heterocycles. The van der Waals surface area contributed by atoms with E-state index in [4.69, 9.17) is 4.74 Å². The summed E-state index contributed by atoms with van der Waals surface area (Å²) in [6.45, 7) is 4.16. The lowest BCUT2D eigenvalue weighted by molar-refractivity contribution is -0.122. The Kier molecular flexibility index (Phi) is 6.37. The fraction of sp³-hybridized carbons (Fsp3) is 0.909. The molecule has 94 valence electrons. The second kappa shape index (κ2) is 7.60. The Morgan fingerprint density at radius 2 is 2.38 bits per heavy atom. The van der Waals surface area contributed by atoms with Crippen molar-refractivity contribution in [1.82, 2.24) is 15.5 Å². The maximum atomic E-state index is 11.6. The number of nitrogens with zero attached hydrogens (tertiary/aromatic N) is 1. The molecule has 1 amide bonds. The third-order valence-electron chi connectivity index (χ3n) is 2.85. The summed E-state index contributed by atoms with van der Waals surface area (Å²) in [4.78, 5) is 13.8. The monoisotopic (exact) mass is 229 g/mol. The van der Waals surface area contributed by atoms with E-state index in [-0.39, 0.29) is 11.9 Å². The van der Waals surface area contributed by atoms with Crippen LogP contribution in [0.4, 0.5) is 0 Å². The Balaban J connectivity index is 2.03. The lowest BCUT2D eigenvalue weighted by atomic mass is 10.2. The summed E-state index contributed by atoms with van der Waals surface area (Å²) in [5.74, 6) is 0.137. The van der Waals surface area contributed by atoms with Gasteiger partial charge in [-0.2, -0.15) is 0 Å². The molecule has 0 saturated carbocycles. The van der Waals surface area contributed by atoms with Gasteiger partial charge < -0.3 is 20.3 Å². The van der Waals surface area contributed by atoms with Gasteiger partial charge >= 0.3 is 0 Å². The van der Waals surface area contributed by atoms with Crippen LogP contribution in [-0.4, -0.2) is 63.8 Å². The van der Waals surface area contributed by atoms with Crippen LogP contribution in [0.2, 0.25) is 0 Å². The van der Waals surface area contributed by atoms with Crippen LogP contribution in [0.1, 0.15) is 12.8 Å². The summed E-state index contributed by atoms with van der Waals surface area (Å²) in [6, 6.07) is 0.0317. The zero-order chi connectivity index (χ0) is 11.8. The Morgan fingerprint density at radius 1 is 1.56 bits per heavy atom. The predicted octanol–water partition coefficient (Wildman–Crippen LogP) is -0.567. The Bertz CT molecular complexity index is 205. The summed E-state index contributed by atoms with van der Waals surface area (Å²) in [6.07, 6.45) is 2.07. The highest BCUT2D eigenvalue weighted by atomic mass is 16.5. The number of nitrogens with one attached hydrogen (secondary N) is 2. The molecule has 5 nitrogen and oxygen atoms in total. The van der Waals surface area contributed by atoms with E-state index in [1.165, 1.54) is 0 Å². The summed E-state index contributed by atoms with van der Waals surface area (Å²) >= 11 is 0. The van der Waals surface area contributed by atoms with Crippen molar-refractivity contribution in [2.24, 2.45) is 0 Å². The molecule has 1 rings (SSSR count). The van der Waals surface area contributed by atoms with E-state index < -0.39 is 0 Å². The van der Waals surface area contributed by atoms with E-state index >= 15 is 0 Å². The molecule has 1 fully saturated rings. The number of methoxy groups -OCH3 is 1. The molecule has 16 heavy (non-hydrogen) atoms. The van der Waals surface area contributed by atoms with Gasteiger partial charge in [0.2, 0.25) is 5.91 Å². The summed E-state index contributed by atoms with van der Waals surface area (Å²) in [5.41, 5.74) is 0. The largest absolute Gasteiger partial charge is 0.383 e. The van der Waals surface area contributed by atoms with Crippen molar-refractivity contribution in [1.29, 1.82) is 0 Å². The van der Waals surface area contributed by atoms with Crippen molar-refractivity contribution in [3.63, 3.8) is 0 Å². The highest BCUT2D eigenvalue weighted by Gasteiger charge is 2.21. The van der Waals surface area contributed by atoms with Crippen LogP contribution < -0.4 is 10.6 Å². The minimum absolute atomic E-state index is 0.0317. The Hall–Kier alpha value is -0.650. The second-order valence-corrected chi connectivity index (χ2v) is 4.24. The maximum Gasteiger partial charge on any atom is 0.237 e. The molecule has 0 aromatic carbocycles. The number of hydrogen-bond donors (Lipinski definition) is 2. The molecule has 0 bridgehead atoms. The number of carbonyl (C=O) groups excluding carboxylic acids is 1. The highest BCUT2D eigenvalue weighted by Crippen LogP contribution is 2.03. The predicted molar refractivity (Wildman–Crippen MR) is 63.4 cm³/mol. The molecule has 0 aliphatic carbocycles. The van der Waals surface area contributed by atoms with Gasteiger partial charge in [0, 0.05) is 26.7 Å². The van der Waals surface area contributed by atoms with Crippen molar-refractivity contribution < 1.29 is 9.53 Å². The molecule has 1 aliphatic heterocycles. The smallest absolute Gasteiger partial charge is 0.237 e. The van der Waals surface area contributed by atoms with Gasteiger partial charge in [-0.25, -0.2) is 0 Å². The molecule has 0 spiro atoms. The number of amides is 1. The zero-order valence-electron chi connectivity index (χ0n) is 10.3. The van der Waals surface area contributed by atoms with E-state index in [9.17, 15) is 4.79 Å². The molecule has 1 saturated heterocycles. The first-order valence-electron chi connectivity index (χ1n) is 5.92. The van der Waals surface area contributed by atoms with Crippen LogP contribution >= 0.6 is 0 Å². The van der Waals surface area contributed by atoms with Crippen molar-refractivity contribution in [3.05, 3.63) is 0 Å². The van der Waals surface area contributed by atoms with Crippen LogP contribution in [0.25, 0.3) is 0 Å². The van der Waals surface area contributed by atoms with Gasteiger partial charge in [0.25, 0.3) is 0 Å². The molecule has 0 radical (unpaired) electrons. The Labute approximate surface area is 97.5 Å². The average Bonchev–Trinajstić information content (AvgIpc) is 2.79. The minimum atomic E-state index is 0.0317. The van der Waals surface area contributed by atoms with Crippen LogP contribution in [0.5, 0.6) is 0 Å². The SMILES string of the molecule is COCCN(C)CCNC(=O)[C@@H]1CCCN1. The number of hydrogen-bond acceptors (Lipinski definition) is 4. The topological polar surface area (TPSA) is 53.6 Å². The van der Waals surface area contributed by atoms with Crippen molar-refractivity contribution in [2.45, 2.75) is 18.9 Å². The molecule has 1 atom stereocenters. The quantitative estimate of drug-likeness (QED) is 0.614. The fourth-order valence-electron chi connectivity index (χ4n) is 1.76. The number of rotatable bonds is 7. The van der Waals surface area contributed by atoms with Gasteiger partial charge in [0.15, 0.2) is 0 Å². The van der Waals surface area contributed by atoms with E-state index in [2.05, 4.69) is 15.5 Å². The van der Waals surface area contributed by atoms with Crippen molar-refractivity contribution >= 4 is 5.91 Å². The first-order chi connectivity index (χ1) is 7.74. The van der Waals surface area contributed by atoms with Gasteiger partial charge in [0.1, 0.15) is 0 Å². The van der Waals surface area contributed by atoms with Crippen LogP contribution in [-0.2, 0) is 9.53 Å². The number of ether oxygens (including phenoxy) is 1. The number of carbonyl (C=O) groups is 1. The standard InChI is InChI=1S/C11H23N3O2/c1-14(8-9-16-2)7-6-13-11(15)10-4-3-5-12-10/h10,12H,3-9H2,1-2H3,(H,13,15)/t10-/m0/s1. The molecular weight excluding hydrogens is 206 g/mol. The van der Waals surface area contributed by atoms with Crippen LogP contribution in [0, 0.1) is 0 Å². The van der Waals surface area contributed by atoms with Gasteiger partial charge in [-0.3, -0.25) is 4.79 Å². The third kappa shape index (κ3) is 4.92. The van der Waals surface area contributed by atoms with E-state index in [0.29, 0.717) is 6.54 Å². The zero-order valence-corrected chi connectivity index (χ0v) is 10.3. The summed E-state index contributed by atoms with van der Waals surface area (Å²) in [5, 5.41) is 6.13. The van der Waals surface area contributed by atoms with E-state index in [1.807, 2.05) is 7.05 Å².